The molecule has 0 spiro atoms. The van der Waals surface area contributed by atoms with Crippen LogP contribution in [0, 0.1) is 0 Å². The Morgan fingerprint density at radius 3 is 2.75 bits per heavy atom. The number of phosphoric acid groups is 1. The number of hydrogen-bond acceptors (Lipinski definition) is 5. The minimum Gasteiger partial charge on any atom is -0.449 e. The van der Waals surface area contributed by atoms with E-state index in [2.05, 4.69) is 9.84 Å². The number of nitrogens with two attached hydrogens (primary N) is 1. The van der Waals surface area contributed by atoms with E-state index in [1.165, 1.54) is 0 Å². The molecule has 8 nitrogen and oxygen atoms in total. The Kier molecular flexibility index (Phi) is 6.47. The first-order valence-corrected chi connectivity index (χ1v) is 7.35. The van der Waals surface area contributed by atoms with E-state index in [1.54, 1.807) is 18.2 Å². The van der Waals surface area contributed by atoms with Crippen molar-refractivity contribution in [2.24, 2.45) is 0 Å². The second-order valence-corrected chi connectivity index (χ2v) is 5.15. The van der Waals surface area contributed by atoms with E-state index in [-0.39, 0.29) is 26.2 Å². The van der Waals surface area contributed by atoms with Crippen molar-refractivity contribution in [1.82, 2.24) is 5.32 Å². The fourth-order valence-corrected chi connectivity index (χ4v) is 1.70. The second-order valence-electron chi connectivity index (χ2n) is 3.91. The van der Waals surface area contributed by atoms with Crippen LogP contribution in [0.4, 0.5) is 10.5 Å². The molecule has 20 heavy (non-hydrogen) atoms. The third-order valence-electron chi connectivity index (χ3n) is 2.17. The molecule has 1 aromatic rings. The van der Waals surface area contributed by atoms with Crippen LogP contribution < -0.4 is 11.1 Å². The number of amides is 1. The van der Waals surface area contributed by atoms with Gasteiger partial charge >= 0.3 is 13.9 Å². The Morgan fingerprint density at radius 2 is 2.10 bits per heavy atom. The van der Waals surface area contributed by atoms with Crippen molar-refractivity contribution in [3.8, 4) is 0 Å². The Hall–Kier alpha value is -1.60. The maximum atomic E-state index is 11.3. The quantitative estimate of drug-likeness (QED) is 0.335. The number of anilines is 1. The van der Waals surface area contributed by atoms with Gasteiger partial charge in [-0.1, -0.05) is 12.1 Å². The lowest BCUT2D eigenvalue weighted by molar-refractivity contribution is 0.131. The molecule has 0 aliphatic rings. The summed E-state index contributed by atoms with van der Waals surface area (Å²) < 4.78 is 19.3. The molecule has 1 aromatic carbocycles. The van der Waals surface area contributed by atoms with Gasteiger partial charge in [0.05, 0.1) is 13.2 Å². The van der Waals surface area contributed by atoms with Gasteiger partial charge in [0, 0.05) is 18.7 Å². The molecule has 9 heteroatoms. The summed E-state index contributed by atoms with van der Waals surface area (Å²) in [7, 11) is -4.46. The Labute approximate surface area is 116 Å². The first-order chi connectivity index (χ1) is 9.37. The van der Waals surface area contributed by atoms with Gasteiger partial charge in [-0.3, -0.25) is 4.52 Å². The van der Waals surface area contributed by atoms with Crippen molar-refractivity contribution in [1.29, 1.82) is 0 Å². The van der Waals surface area contributed by atoms with Crippen molar-refractivity contribution in [3.05, 3.63) is 29.8 Å². The van der Waals surface area contributed by atoms with E-state index >= 15 is 0 Å². The molecular formula is C11H17N2O6P. The van der Waals surface area contributed by atoms with Gasteiger partial charge in [-0.15, -0.1) is 0 Å². The van der Waals surface area contributed by atoms with E-state index in [1.807, 2.05) is 6.07 Å². The molecule has 0 saturated heterocycles. The Morgan fingerprint density at radius 1 is 1.35 bits per heavy atom. The van der Waals surface area contributed by atoms with Gasteiger partial charge in [0.15, 0.2) is 0 Å². The summed E-state index contributed by atoms with van der Waals surface area (Å²) >= 11 is 0. The molecule has 0 aliphatic carbocycles. The number of rotatable bonds is 7. The van der Waals surface area contributed by atoms with Gasteiger partial charge in [0.25, 0.3) is 0 Å². The molecule has 0 aromatic heterocycles. The van der Waals surface area contributed by atoms with Crippen LogP contribution in [0.3, 0.4) is 0 Å². The fourth-order valence-electron chi connectivity index (χ4n) is 1.34. The van der Waals surface area contributed by atoms with Gasteiger partial charge in [-0.05, 0) is 17.7 Å². The van der Waals surface area contributed by atoms with E-state index in [4.69, 9.17) is 20.3 Å². The molecule has 0 atom stereocenters. The molecule has 0 radical (unpaired) electrons. The van der Waals surface area contributed by atoms with Crippen LogP contribution in [0.25, 0.3) is 0 Å². The van der Waals surface area contributed by atoms with Crippen molar-refractivity contribution in [2.75, 3.05) is 18.9 Å². The molecule has 0 aliphatic heterocycles. The molecule has 0 unspecified atom stereocenters. The highest BCUT2D eigenvalue weighted by molar-refractivity contribution is 7.46. The zero-order valence-corrected chi connectivity index (χ0v) is 11.6. The van der Waals surface area contributed by atoms with Crippen LogP contribution in [0.2, 0.25) is 0 Å². The first-order valence-electron chi connectivity index (χ1n) is 5.82. The molecule has 112 valence electrons. The van der Waals surface area contributed by atoms with Gasteiger partial charge in [-0.2, -0.15) is 0 Å². The summed E-state index contributed by atoms with van der Waals surface area (Å²) in [4.78, 5) is 28.1. The lowest BCUT2D eigenvalue weighted by atomic mass is 10.2. The van der Waals surface area contributed by atoms with Crippen molar-refractivity contribution >= 4 is 19.6 Å². The van der Waals surface area contributed by atoms with Crippen molar-refractivity contribution in [3.63, 3.8) is 0 Å². The van der Waals surface area contributed by atoms with Crippen LogP contribution >= 0.6 is 7.82 Å². The largest absolute Gasteiger partial charge is 0.469 e. The molecule has 0 heterocycles. The van der Waals surface area contributed by atoms with Crippen molar-refractivity contribution in [2.45, 2.75) is 13.0 Å². The summed E-state index contributed by atoms with van der Waals surface area (Å²) in [6.45, 7) is 0.0956. The number of nitrogen functional groups attached to an aromatic ring is 1. The van der Waals surface area contributed by atoms with E-state index in [9.17, 15) is 9.36 Å². The highest BCUT2D eigenvalue weighted by Gasteiger charge is 2.12. The zero-order valence-electron chi connectivity index (χ0n) is 10.7. The Bertz CT molecular complexity index is 490. The van der Waals surface area contributed by atoms with Crippen molar-refractivity contribution < 1.29 is 28.4 Å². The van der Waals surface area contributed by atoms with Gasteiger partial charge in [-0.25, -0.2) is 9.36 Å². The number of nitrogens with one attached hydrogen (secondary N) is 1. The highest BCUT2D eigenvalue weighted by atomic mass is 31.2. The zero-order chi connectivity index (χ0) is 15.0. The molecule has 0 fully saturated rings. The van der Waals surface area contributed by atoms with Crippen LogP contribution in [0.5, 0.6) is 0 Å². The SMILES string of the molecule is Nc1cccc(CNC(=O)OCCCOP(=O)(O)O)c1. The lowest BCUT2D eigenvalue weighted by Gasteiger charge is -2.08. The van der Waals surface area contributed by atoms with Crippen LogP contribution in [-0.2, 0) is 20.4 Å². The molecule has 5 N–H and O–H groups in total. The van der Waals surface area contributed by atoms with Crippen LogP contribution in [0.15, 0.2) is 24.3 Å². The fraction of sp³-hybridized carbons (Fsp3) is 0.364. The normalized spacial score (nSPS) is 11.1. The first kappa shape index (κ1) is 16.5. The van der Waals surface area contributed by atoms with Gasteiger partial charge in [0.2, 0.25) is 0 Å². The minimum absolute atomic E-state index is 0.00274. The summed E-state index contributed by atoms with van der Waals surface area (Å²) in [6.07, 6.45) is -0.430. The lowest BCUT2D eigenvalue weighted by Crippen LogP contribution is -2.24. The third-order valence-corrected chi connectivity index (χ3v) is 2.69. The summed E-state index contributed by atoms with van der Waals surface area (Å²) in [6, 6.07) is 7.05. The molecule has 0 bridgehead atoms. The van der Waals surface area contributed by atoms with Gasteiger partial charge in [0.1, 0.15) is 0 Å². The molecular weight excluding hydrogens is 287 g/mol. The standard InChI is InChI=1S/C11H17N2O6P/c12-10-4-1-3-9(7-10)8-13-11(14)18-5-2-6-19-20(15,16)17/h1,3-4,7H,2,5-6,8,12H2,(H,13,14)(H2,15,16,17). The van der Waals surface area contributed by atoms with Gasteiger partial charge < -0.3 is 25.6 Å². The average Bonchev–Trinajstić information content (AvgIpc) is 2.35. The van der Waals surface area contributed by atoms with Crippen LogP contribution in [-0.4, -0.2) is 29.1 Å². The van der Waals surface area contributed by atoms with E-state index in [0.717, 1.165) is 5.56 Å². The minimum atomic E-state index is -4.46. The Balaban J connectivity index is 2.13. The second kappa shape index (κ2) is 7.86. The summed E-state index contributed by atoms with van der Waals surface area (Å²) in [5.41, 5.74) is 7.04. The van der Waals surface area contributed by atoms with E-state index < -0.39 is 13.9 Å². The van der Waals surface area contributed by atoms with Crippen LogP contribution in [0.1, 0.15) is 12.0 Å². The summed E-state index contributed by atoms with van der Waals surface area (Å²) in [5, 5.41) is 2.52. The maximum Gasteiger partial charge on any atom is 0.469 e. The number of ether oxygens (including phenoxy) is 1. The summed E-state index contributed by atoms with van der Waals surface area (Å²) in [5.74, 6) is 0. The monoisotopic (exact) mass is 304 g/mol. The topological polar surface area (TPSA) is 131 Å². The smallest absolute Gasteiger partial charge is 0.449 e. The average molecular weight is 304 g/mol. The maximum absolute atomic E-state index is 11.3. The predicted molar refractivity (Wildman–Crippen MR) is 71.7 cm³/mol. The third kappa shape index (κ3) is 7.75. The highest BCUT2D eigenvalue weighted by Crippen LogP contribution is 2.35. The number of phosphoric ester groups is 1. The number of carbonyl (C=O) groups excluding carboxylic acids is 1. The predicted octanol–water partition coefficient (Wildman–Crippen LogP) is 0.994. The number of benzene rings is 1. The number of alkyl carbamates (subject to hydrolysis) is 1. The van der Waals surface area contributed by atoms with E-state index in [0.29, 0.717) is 5.69 Å². The molecule has 1 amide bonds. The molecule has 1 rings (SSSR count). The number of carbonyl (C=O) groups is 1. The number of hydrogen-bond donors (Lipinski definition) is 4. The molecule has 0 saturated carbocycles.